The van der Waals surface area contributed by atoms with E-state index in [0.717, 1.165) is 6.42 Å². The predicted molar refractivity (Wildman–Crippen MR) is 84.0 cm³/mol. The summed E-state index contributed by atoms with van der Waals surface area (Å²) in [7, 11) is 0. The topological polar surface area (TPSA) is 51.2 Å². The van der Waals surface area contributed by atoms with Crippen LogP contribution >= 0.6 is 23.2 Å². The molecular weight excluding hydrogens is 311 g/mol. The van der Waals surface area contributed by atoms with Gasteiger partial charge < -0.3 is 10.1 Å². The van der Waals surface area contributed by atoms with E-state index in [0.29, 0.717) is 24.8 Å². The van der Waals surface area contributed by atoms with Crippen LogP contribution in [0.1, 0.15) is 48.9 Å². The van der Waals surface area contributed by atoms with E-state index in [1.54, 1.807) is 0 Å². The van der Waals surface area contributed by atoms with E-state index in [1.807, 2.05) is 0 Å². The predicted octanol–water partition coefficient (Wildman–Crippen LogP) is 3.86. The molecule has 1 N–H and O–H groups in total. The molecule has 0 spiro atoms. The van der Waals surface area contributed by atoms with E-state index in [2.05, 4.69) is 10.3 Å². The van der Waals surface area contributed by atoms with Crippen molar-refractivity contribution in [3.63, 3.8) is 0 Å². The molecule has 0 aliphatic heterocycles. The molecule has 1 aromatic heterocycles. The van der Waals surface area contributed by atoms with E-state index in [9.17, 15) is 4.79 Å². The first kappa shape index (κ1) is 16.5. The Morgan fingerprint density at radius 2 is 2.10 bits per heavy atom. The summed E-state index contributed by atoms with van der Waals surface area (Å²) in [6.07, 6.45) is 8.83. The van der Waals surface area contributed by atoms with E-state index in [4.69, 9.17) is 27.9 Å². The molecule has 0 unspecified atom stereocenters. The zero-order valence-corrected chi connectivity index (χ0v) is 13.4. The number of carbonyl (C=O) groups is 1. The van der Waals surface area contributed by atoms with Crippen molar-refractivity contribution in [2.45, 2.75) is 44.6 Å². The molecule has 6 heteroatoms. The molecule has 116 valence electrons. The molecule has 1 amide bonds. The smallest absolute Gasteiger partial charge is 0.252 e. The average Bonchev–Trinajstić information content (AvgIpc) is 2.50. The molecule has 0 aromatic carbocycles. The Labute approximate surface area is 135 Å². The van der Waals surface area contributed by atoms with E-state index >= 15 is 0 Å². The van der Waals surface area contributed by atoms with Crippen molar-refractivity contribution < 1.29 is 9.53 Å². The molecule has 1 aliphatic carbocycles. The number of aromatic nitrogens is 1. The lowest BCUT2D eigenvalue weighted by atomic mass is 9.98. The first-order valence-electron chi connectivity index (χ1n) is 7.37. The Bertz CT molecular complexity index is 477. The maximum atomic E-state index is 11.9. The third-order valence-corrected chi connectivity index (χ3v) is 4.26. The fourth-order valence-corrected chi connectivity index (χ4v) is 2.67. The summed E-state index contributed by atoms with van der Waals surface area (Å²) in [5.74, 6) is -0.196. The van der Waals surface area contributed by atoms with Crippen molar-refractivity contribution in [2.24, 2.45) is 0 Å². The summed E-state index contributed by atoms with van der Waals surface area (Å²) in [5, 5.41) is 3.31. The van der Waals surface area contributed by atoms with Gasteiger partial charge in [0.1, 0.15) is 5.15 Å². The van der Waals surface area contributed by atoms with E-state index < -0.39 is 0 Å². The Balaban J connectivity index is 1.63. The van der Waals surface area contributed by atoms with Gasteiger partial charge >= 0.3 is 0 Å². The van der Waals surface area contributed by atoms with E-state index in [1.165, 1.54) is 44.4 Å². The number of hydrogen-bond acceptors (Lipinski definition) is 3. The maximum Gasteiger partial charge on any atom is 0.252 e. The van der Waals surface area contributed by atoms with Gasteiger partial charge in [0.15, 0.2) is 0 Å². The van der Waals surface area contributed by atoms with Gasteiger partial charge in [-0.05, 0) is 25.3 Å². The number of pyridine rings is 1. The summed E-state index contributed by atoms with van der Waals surface area (Å²) < 4.78 is 5.80. The monoisotopic (exact) mass is 330 g/mol. The molecule has 1 heterocycles. The standard InChI is InChI=1S/C15H20Cl2N2O2/c16-13-9-11(10-19-14(13)17)15(20)18-7-4-8-21-12-5-2-1-3-6-12/h9-10,12H,1-8H2,(H,18,20). The lowest BCUT2D eigenvalue weighted by molar-refractivity contribution is 0.0273. The molecule has 2 rings (SSSR count). The van der Waals surface area contributed by atoms with Gasteiger partial charge in [0.05, 0.1) is 16.7 Å². The van der Waals surface area contributed by atoms with E-state index in [-0.39, 0.29) is 16.1 Å². The summed E-state index contributed by atoms with van der Waals surface area (Å²) in [5.41, 5.74) is 0.414. The molecule has 0 bridgehead atoms. The molecule has 0 radical (unpaired) electrons. The molecule has 1 aliphatic rings. The SMILES string of the molecule is O=C(NCCCOC1CCCCC1)c1cnc(Cl)c(Cl)c1. The number of halogens is 2. The number of carbonyl (C=O) groups excluding carboxylic acids is 1. The second-order valence-electron chi connectivity index (χ2n) is 5.24. The fraction of sp³-hybridized carbons (Fsp3) is 0.600. The second kappa shape index (κ2) is 8.57. The van der Waals surface area contributed by atoms with Crippen LogP contribution < -0.4 is 5.32 Å². The van der Waals surface area contributed by atoms with Gasteiger partial charge in [0.25, 0.3) is 5.91 Å². The number of nitrogens with zero attached hydrogens (tertiary/aromatic N) is 1. The molecule has 21 heavy (non-hydrogen) atoms. The van der Waals surface area contributed by atoms with Crippen molar-refractivity contribution in [3.8, 4) is 0 Å². The number of amides is 1. The van der Waals surface area contributed by atoms with Gasteiger partial charge in [-0.2, -0.15) is 0 Å². The number of ether oxygens (including phenoxy) is 1. The Kier molecular flexibility index (Phi) is 6.74. The van der Waals surface area contributed by atoms with Crippen LogP contribution in [-0.2, 0) is 4.74 Å². The highest BCUT2D eigenvalue weighted by atomic mass is 35.5. The third kappa shape index (κ3) is 5.46. The number of rotatable bonds is 6. The summed E-state index contributed by atoms with van der Waals surface area (Å²) >= 11 is 11.5. The van der Waals surface area contributed by atoms with Crippen LogP contribution in [0, 0.1) is 0 Å². The number of nitrogens with one attached hydrogen (secondary N) is 1. The average molecular weight is 331 g/mol. The first-order chi connectivity index (χ1) is 10.2. The van der Waals surface area contributed by atoms with Gasteiger partial charge in [-0.25, -0.2) is 4.98 Å². The van der Waals surface area contributed by atoms with Crippen LogP contribution in [0.4, 0.5) is 0 Å². The highest BCUT2D eigenvalue weighted by Crippen LogP contribution is 2.20. The van der Waals surface area contributed by atoms with Crippen LogP contribution in [0.2, 0.25) is 10.2 Å². The first-order valence-corrected chi connectivity index (χ1v) is 8.13. The van der Waals surface area contributed by atoms with Gasteiger partial charge in [-0.1, -0.05) is 42.5 Å². The largest absolute Gasteiger partial charge is 0.378 e. The fourth-order valence-electron chi connectivity index (χ4n) is 2.40. The van der Waals surface area contributed by atoms with Crippen LogP contribution in [0.15, 0.2) is 12.3 Å². The highest BCUT2D eigenvalue weighted by Gasteiger charge is 2.13. The lowest BCUT2D eigenvalue weighted by Crippen LogP contribution is -2.26. The molecule has 0 saturated heterocycles. The zero-order valence-electron chi connectivity index (χ0n) is 11.9. The molecule has 0 atom stereocenters. The third-order valence-electron chi connectivity index (χ3n) is 3.57. The van der Waals surface area contributed by atoms with Crippen LogP contribution in [-0.4, -0.2) is 30.1 Å². The minimum Gasteiger partial charge on any atom is -0.378 e. The summed E-state index contributed by atoms with van der Waals surface area (Å²) in [4.78, 5) is 15.7. The number of hydrogen-bond donors (Lipinski definition) is 1. The van der Waals surface area contributed by atoms with Crippen molar-refractivity contribution in [3.05, 3.63) is 28.0 Å². The Hall–Kier alpha value is -0.840. The van der Waals surface area contributed by atoms with Crippen molar-refractivity contribution in [1.82, 2.24) is 10.3 Å². The highest BCUT2D eigenvalue weighted by molar-refractivity contribution is 6.41. The Morgan fingerprint density at radius 1 is 1.33 bits per heavy atom. The molecule has 1 saturated carbocycles. The lowest BCUT2D eigenvalue weighted by Gasteiger charge is -2.21. The second-order valence-corrected chi connectivity index (χ2v) is 6.00. The van der Waals surface area contributed by atoms with Gasteiger partial charge in [-0.3, -0.25) is 4.79 Å². The molecule has 4 nitrogen and oxygen atoms in total. The minimum absolute atomic E-state index is 0.196. The van der Waals surface area contributed by atoms with Crippen LogP contribution in [0.5, 0.6) is 0 Å². The summed E-state index contributed by atoms with van der Waals surface area (Å²) in [6, 6.07) is 1.52. The quantitative estimate of drug-likeness (QED) is 0.636. The van der Waals surface area contributed by atoms with Gasteiger partial charge in [0.2, 0.25) is 0 Å². The minimum atomic E-state index is -0.196. The van der Waals surface area contributed by atoms with Crippen LogP contribution in [0.3, 0.4) is 0 Å². The zero-order chi connectivity index (χ0) is 15.1. The van der Waals surface area contributed by atoms with Crippen molar-refractivity contribution in [1.29, 1.82) is 0 Å². The molecular formula is C15H20Cl2N2O2. The molecule has 1 aromatic rings. The molecule has 1 fully saturated rings. The van der Waals surface area contributed by atoms with Gasteiger partial charge in [0, 0.05) is 19.3 Å². The van der Waals surface area contributed by atoms with Crippen LogP contribution in [0.25, 0.3) is 0 Å². The summed E-state index contributed by atoms with van der Waals surface area (Å²) in [6.45, 7) is 1.26. The van der Waals surface area contributed by atoms with Crippen molar-refractivity contribution in [2.75, 3.05) is 13.2 Å². The normalized spacial score (nSPS) is 15.9. The van der Waals surface area contributed by atoms with Crippen molar-refractivity contribution >= 4 is 29.1 Å². The Morgan fingerprint density at radius 3 is 2.81 bits per heavy atom. The maximum absolute atomic E-state index is 11.9. The van der Waals surface area contributed by atoms with Gasteiger partial charge in [-0.15, -0.1) is 0 Å².